The third-order valence-electron chi connectivity index (χ3n) is 10.2. The summed E-state index contributed by atoms with van der Waals surface area (Å²) in [5.74, 6) is -1.20. The summed E-state index contributed by atoms with van der Waals surface area (Å²) in [7, 11) is 2.68. The number of nitrogens with zero attached hydrogens (tertiary/aromatic N) is 2. The molecule has 1 fully saturated rings. The molecule has 0 spiro atoms. The smallest absolute Gasteiger partial charge is 0.407 e. The fraction of sp³-hybridized carbons (Fsp3) is 0.514. The lowest BCUT2D eigenvalue weighted by atomic mass is 9.81. The summed E-state index contributed by atoms with van der Waals surface area (Å²) in [6, 6.07) is 2.51. The third-order valence-corrected chi connectivity index (χ3v) is 13.3. The predicted octanol–water partition coefficient (Wildman–Crippen LogP) is 6.12. The molecule has 2 N–H and O–H groups in total. The van der Waals surface area contributed by atoms with Crippen molar-refractivity contribution in [2.45, 2.75) is 109 Å². The molecule has 1 aromatic carbocycles. The highest BCUT2D eigenvalue weighted by Gasteiger charge is 2.46. The van der Waals surface area contributed by atoms with Crippen LogP contribution in [0.4, 0.5) is 9.18 Å². The molecular formula is C35H38FN3O7S2. The number of ether oxygens (including phenoxy) is 2. The minimum Gasteiger partial charge on any atom is -0.458 e. The number of hydrogen-bond acceptors (Lipinski definition) is 10. The highest BCUT2D eigenvalue weighted by atomic mass is 33.1. The second kappa shape index (κ2) is 11.9. The number of fused-ring (bicyclic) bond motifs is 5. The van der Waals surface area contributed by atoms with Gasteiger partial charge >= 0.3 is 12.1 Å². The predicted molar refractivity (Wildman–Crippen MR) is 181 cm³/mol. The zero-order chi connectivity index (χ0) is 34.3. The molecule has 4 heterocycles. The molecule has 1 amide bonds. The summed E-state index contributed by atoms with van der Waals surface area (Å²) in [6.07, 6.45) is 2.52. The zero-order valence-corrected chi connectivity index (χ0v) is 29.2. The molecular weight excluding hydrogens is 658 g/mol. The van der Waals surface area contributed by atoms with Crippen LogP contribution >= 0.6 is 21.6 Å². The van der Waals surface area contributed by atoms with Crippen molar-refractivity contribution >= 4 is 49.7 Å². The molecule has 3 aromatic rings. The Morgan fingerprint density at radius 2 is 1.96 bits per heavy atom. The van der Waals surface area contributed by atoms with Crippen LogP contribution in [-0.4, -0.2) is 43.2 Å². The van der Waals surface area contributed by atoms with Gasteiger partial charge in [-0.15, -0.1) is 0 Å². The maximum Gasteiger partial charge on any atom is 0.407 e. The molecule has 0 saturated heterocycles. The van der Waals surface area contributed by atoms with Crippen molar-refractivity contribution in [1.29, 1.82) is 0 Å². The van der Waals surface area contributed by atoms with Gasteiger partial charge in [0, 0.05) is 28.0 Å². The maximum atomic E-state index is 15.2. The van der Waals surface area contributed by atoms with Gasteiger partial charge < -0.3 is 24.5 Å². The van der Waals surface area contributed by atoms with E-state index in [1.54, 1.807) is 24.5 Å². The summed E-state index contributed by atoms with van der Waals surface area (Å²) in [5.41, 5.74) is 1.64. The first kappa shape index (κ1) is 33.1. The number of nitrogens with one attached hydrogen (secondary N) is 1. The van der Waals surface area contributed by atoms with Gasteiger partial charge in [0.1, 0.15) is 18.5 Å². The van der Waals surface area contributed by atoms with Gasteiger partial charge in [-0.3, -0.25) is 9.59 Å². The number of cyclic esters (lactones) is 1. The molecule has 4 atom stereocenters. The number of aromatic nitrogens is 2. The van der Waals surface area contributed by atoms with Crippen molar-refractivity contribution in [3.05, 3.63) is 61.7 Å². The molecule has 13 heteroatoms. The first-order valence-corrected chi connectivity index (χ1v) is 18.6. The molecule has 7 rings (SSSR count). The molecule has 4 aliphatic rings. The minimum absolute atomic E-state index is 0.00771. The van der Waals surface area contributed by atoms with E-state index in [-0.39, 0.29) is 47.2 Å². The lowest BCUT2D eigenvalue weighted by molar-refractivity contribution is -0.172. The van der Waals surface area contributed by atoms with Gasteiger partial charge in [-0.25, -0.2) is 19.0 Å². The van der Waals surface area contributed by atoms with Crippen molar-refractivity contribution < 1.29 is 33.4 Å². The molecule has 0 unspecified atom stereocenters. The number of benzene rings is 1. The van der Waals surface area contributed by atoms with E-state index in [1.807, 2.05) is 20.8 Å². The monoisotopic (exact) mass is 695 g/mol. The standard InChI is InChI=1S/C35H38FN3O7S2/c1-6-35(44)20-12-24-29-18(14-39(24)30(40)19(20)15-45-31(35)41)28-22(11-10-17-16(2)21(36)13-23(37-29)27(17)28)38-33(43)46-25-8-7-9-26(25)47-48-32(42)34(3,4)5/h12-13,22,25-26,44H,6-11,14-15H2,1-5H3,(H,38,43)/t22-,25+,26+,35-/m0/s1. The quantitative estimate of drug-likeness (QED) is 0.186. The Labute approximate surface area is 284 Å². The van der Waals surface area contributed by atoms with Gasteiger partial charge in [0.05, 0.1) is 40.3 Å². The highest BCUT2D eigenvalue weighted by molar-refractivity contribution is 8.82. The molecule has 1 saturated carbocycles. The van der Waals surface area contributed by atoms with Crippen LogP contribution in [0.25, 0.3) is 22.3 Å². The van der Waals surface area contributed by atoms with E-state index >= 15 is 4.39 Å². The first-order chi connectivity index (χ1) is 22.7. The number of pyridine rings is 2. The third kappa shape index (κ3) is 5.24. The number of aliphatic hydroxyl groups is 1. The molecule has 2 aromatic heterocycles. The number of hydrogen-bond donors (Lipinski definition) is 2. The van der Waals surface area contributed by atoms with E-state index in [1.165, 1.54) is 27.7 Å². The van der Waals surface area contributed by atoms with Crippen LogP contribution in [0.3, 0.4) is 0 Å². The number of carbonyl (C=O) groups excluding carboxylic acids is 3. The topological polar surface area (TPSA) is 137 Å². The van der Waals surface area contributed by atoms with Crippen molar-refractivity contribution in [3.8, 4) is 11.4 Å². The maximum absolute atomic E-state index is 15.2. The van der Waals surface area contributed by atoms with Gasteiger partial charge in [0.25, 0.3) is 5.56 Å². The molecule has 2 aliphatic carbocycles. The summed E-state index contributed by atoms with van der Waals surface area (Å²) < 4.78 is 28.0. The number of alkyl carbamates (subject to hydrolysis) is 1. The average Bonchev–Trinajstić information content (AvgIpc) is 3.64. The lowest BCUT2D eigenvalue weighted by Crippen LogP contribution is -2.44. The van der Waals surface area contributed by atoms with Gasteiger partial charge in [-0.1, -0.05) is 38.5 Å². The van der Waals surface area contributed by atoms with Gasteiger partial charge in [-0.05, 0) is 79.0 Å². The molecule has 0 bridgehead atoms. The molecule has 254 valence electrons. The Hall–Kier alpha value is -3.42. The van der Waals surface area contributed by atoms with Crippen LogP contribution in [-0.2, 0) is 44.2 Å². The van der Waals surface area contributed by atoms with E-state index in [0.29, 0.717) is 41.7 Å². The molecule has 48 heavy (non-hydrogen) atoms. The number of rotatable bonds is 5. The second-order valence-corrected chi connectivity index (χ2v) is 16.6. The summed E-state index contributed by atoms with van der Waals surface area (Å²) >= 11 is 0. The Balaban J connectivity index is 1.25. The summed E-state index contributed by atoms with van der Waals surface area (Å²) in [5, 5.41) is 15.2. The fourth-order valence-electron chi connectivity index (χ4n) is 7.38. The van der Waals surface area contributed by atoms with Gasteiger partial charge in [0.15, 0.2) is 5.60 Å². The fourth-order valence-corrected chi connectivity index (χ4v) is 10.5. The van der Waals surface area contributed by atoms with Crippen molar-refractivity contribution in [1.82, 2.24) is 14.9 Å². The van der Waals surface area contributed by atoms with E-state index in [9.17, 15) is 24.3 Å². The van der Waals surface area contributed by atoms with E-state index < -0.39 is 40.5 Å². The number of esters is 1. The van der Waals surface area contributed by atoms with E-state index in [0.717, 1.165) is 34.9 Å². The van der Waals surface area contributed by atoms with Crippen LogP contribution in [0, 0.1) is 18.2 Å². The summed E-state index contributed by atoms with van der Waals surface area (Å²) in [4.78, 5) is 57.4. The van der Waals surface area contributed by atoms with Crippen molar-refractivity contribution in [3.63, 3.8) is 0 Å². The van der Waals surface area contributed by atoms with Crippen LogP contribution < -0.4 is 10.9 Å². The van der Waals surface area contributed by atoms with Crippen molar-refractivity contribution in [2.24, 2.45) is 5.41 Å². The lowest BCUT2D eigenvalue weighted by Gasteiger charge is -2.31. The SMILES string of the molecule is CC[C@@]1(O)C(=O)OCc2c1cc1n(c2=O)Cc2c-1nc1cc(F)c(C)c3c1c2[C@@H](NC(=O)O[C@@H]1CCC[C@H]1SSC(=O)C(C)(C)C)CC3. The number of halogens is 1. The van der Waals surface area contributed by atoms with E-state index in [4.69, 9.17) is 14.5 Å². The van der Waals surface area contributed by atoms with Crippen LogP contribution in [0.1, 0.15) is 99.2 Å². The average molecular weight is 696 g/mol. The Morgan fingerprint density at radius 1 is 1.19 bits per heavy atom. The van der Waals surface area contributed by atoms with Crippen molar-refractivity contribution in [2.75, 3.05) is 0 Å². The Morgan fingerprint density at radius 3 is 2.69 bits per heavy atom. The normalized spacial score (nSPS) is 24.1. The largest absolute Gasteiger partial charge is 0.458 e. The minimum atomic E-state index is -1.98. The number of aryl methyl sites for hydroxylation is 1. The number of amides is 1. The van der Waals surface area contributed by atoms with Crippen LogP contribution in [0.5, 0.6) is 0 Å². The second-order valence-electron chi connectivity index (χ2n) is 14.2. The highest BCUT2D eigenvalue weighted by Crippen LogP contribution is 2.46. The molecule has 2 aliphatic heterocycles. The summed E-state index contributed by atoms with van der Waals surface area (Å²) in [6.45, 7) is 8.93. The number of carbonyl (C=O) groups is 3. The van der Waals surface area contributed by atoms with Gasteiger partial charge in [0.2, 0.25) is 5.12 Å². The molecule has 0 radical (unpaired) electrons. The van der Waals surface area contributed by atoms with Gasteiger partial charge in [-0.2, -0.15) is 0 Å². The zero-order valence-electron chi connectivity index (χ0n) is 27.5. The van der Waals surface area contributed by atoms with Crippen LogP contribution in [0.15, 0.2) is 16.9 Å². The van der Waals surface area contributed by atoms with E-state index in [2.05, 4.69) is 5.32 Å². The Bertz CT molecular complexity index is 1970. The first-order valence-electron chi connectivity index (χ1n) is 16.4. The molecule has 10 nitrogen and oxygen atoms in total. The Kier molecular flexibility index (Phi) is 8.19. The van der Waals surface area contributed by atoms with Crippen LogP contribution in [0.2, 0.25) is 0 Å².